The topological polar surface area (TPSA) is 94.5 Å². The first-order valence-electron chi connectivity index (χ1n) is 8.21. The molecule has 0 saturated carbocycles. The highest BCUT2D eigenvalue weighted by Gasteiger charge is 2.23. The van der Waals surface area contributed by atoms with Crippen LogP contribution >= 0.6 is 11.6 Å². The van der Waals surface area contributed by atoms with Crippen molar-refractivity contribution >= 4 is 27.1 Å². The number of aromatic amines is 1. The van der Waals surface area contributed by atoms with Crippen molar-refractivity contribution in [3.05, 3.63) is 69.8 Å². The van der Waals surface area contributed by atoms with E-state index in [1.54, 1.807) is 13.0 Å². The van der Waals surface area contributed by atoms with Crippen LogP contribution in [0.4, 0.5) is 14.6 Å². The van der Waals surface area contributed by atoms with E-state index in [0.29, 0.717) is 22.9 Å². The number of nitrogens with one attached hydrogen (secondary N) is 3. The molecule has 0 bridgehead atoms. The average molecular weight is 426 g/mol. The number of aromatic nitrogens is 3. The van der Waals surface area contributed by atoms with Gasteiger partial charge in [0.25, 0.3) is 0 Å². The lowest BCUT2D eigenvalue weighted by atomic mass is 10.1. The molecule has 28 heavy (non-hydrogen) atoms. The molecule has 10 heteroatoms. The second-order valence-electron chi connectivity index (χ2n) is 6.41. The SMILES string of the molecule is Cc1nc(N[C@@H](c2ccc(Cl)c(F)c2)c2nc([S@@](C)(=N)=O)c(C)[nH]2)ccc1F. The maximum absolute atomic E-state index is 14.1. The highest BCUT2D eigenvalue weighted by molar-refractivity contribution is 7.91. The lowest BCUT2D eigenvalue weighted by Gasteiger charge is -2.18. The zero-order chi connectivity index (χ0) is 20.6. The van der Waals surface area contributed by atoms with E-state index in [1.807, 2.05) is 0 Å². The quantitative estimate of drug-likeness (QED) is 0.557. The van der Waals surface area contributed by atoms with E-state index >= 15 is 0 Å². The molecule has 0 aliphatic rings. The van der Waals surface area contributed by atoms with Gasteiger partial charge >= 0.3 is 0 Å². The number of rotatable bonds is 5. The average Bonchev–Trinajstić information content (AvgIpc) is 3.00. The molecule has 0 spiro atoms. The van der Waals surface area contributed by atoms with Crippen LogP contribution in [0.15, 0.2) is 35.4 Å². The fraction of sp³-hybridized carbons (Fsp3) is 0.222. The molecule has 2 atom stereocenters. The zero-order valence-electron chi connectivity index (χ0n) is 15.3. The van der Waals surface area contributed by atoms with E-state index in [-0.39, 0.29) is 15.7 Å². The molecule has 3 N–H and O–H groups in total. The molecule has 0 radical (unpaired) electrons. The number of imidazole rings is 1. The summed E-state index contributed by atoms with van der Waals surface area (Å²) in [5.74, 6) is -0.397. The van der Waals surface area contributed by atoms with E-state index in [4.69, 9.17) is 16.4 Å². The Bertz CT molecular complexity index is 1150. The number of hydrogen-bond donors (Lipinski definition) is 3. The number of benzene rings is 1. The van der Waals surface area contributed by atoms with E-state index < -0.39 is 27.4 Å². The summed E-state index contributed by atoms with van der Waals surface area (Å²) in [6.45, 7) is 3.18. The predicted molar refractivity (Wildman–Crippen MR) is 104 cm³/mol. The summed E-state index contributed by atoms with van der Waals surface area (Å²) >= 11 is 5.78. The minimum atomic E-state index is -3.06. The lowest BCUT2D eigenvalue weighted by molar-refractivity contribution is 0.609. The third kappa shape index (κ3) is 4.15. The van der Waals surface area contributed by atoms with Gasteiger partial charge in [0.2, 0.25) is 0 Å². The molecule has 0 fully saturated rings. The molecule has 1 aromatic carbocycles. The van der Waals surface area contributed by atoms with Gasteiger partial charge in [-0.2, -0.15) is 0 Å². The third-order valence-electron chi connectivity index (χ3n) is 4.09. The van der Waals surface area contributed by atoms with Crippen LogP contribution in [0.25, 0.3) is 0 Å². The maximum Gasteiger partial charge on any atom is 0.156 e. The van der Waals surface area contributed by atoms with E-state index in [2.05, 4.69) is 20.3 Å². The minimum Gasteiger partial charge on any atom is -0.356 e. The number of aryl methyl sites for hydroxylation is 2. The van der Waals surface area contributed by atoms with Gasteiger partial charge in [0.15, 0.2) is 5.03 Å². The van der Waals surface area contributed by atoms with Crippen LogP contribution < -0.4 is 5.32 Å². The van der Waals surface area contributed by atoms with Gasteiger partial charge in [-0.3, -0.25) is 0 Å². The van der Waals surface area contributed by atoms with Crippen LogP contribution in [0, 0.1) is 30.3 Å². The number of H-pyrrole nitrogens is 1. The molecule has 0 aliphatic carbocycles. The third-order valence-corrected chi connectivity index (χ3v) is 5.53. The van der Waals surface area contributed by atoms with Crippen molar-refractivity contribution in [2.24, 2.45) is 0 Å². The highest BCUT2D eigenvalue weighted by Crippen LogP contribution is 2.29. The molecule has 0 amide bonds. The highest BCUT2D eigenvalue weighted by atomic mass is 35.5. The molecule has 2 heterocycles. The molecule has 0 saturated heterocycles. The normalized spacial score (nSPS) is 14.5. The minimum absolute atomic E-state index is 0.0303. The van der Waals surface area contributed by atoms with Crippen molar-refractivity contribution in [3.8, 4) is 0 Å². The summed E-state index contributed by atoms with van der Waals surface area (Å²) in [4.78, 5) is 11.4. The fourth-order valence-corrected chi connectivity index (χ4v) is 3.78. The van der Waals surface area contributed by atoms with Crippen molar-refractivity contribution in [1.82, 2.24) is 15.0 Å². The van der Waals surface area contributed by atoms with Crippen LogP contribution in [-0.2, 0) is 9.73 Å². The number of anilines is 1. The summed E-state index contributed by atoms with van der Waals surface area (Å²) in [5.41, 5.74) is 1.14. The molecule has 2 aromatic heterocycles. The summed E-state index contributed by atoms with van der Waals surface area (Å²) in [5, 5.41) is 3.17. The Morgan fingerprint density at radius 2 is 1.89 bits per heavy atom. The first-order valence-corrected chi connectivity index (χ1v) is 10.6. The number of pyridine rings is 1. The summed E-state index contributed by atoms with van der Waals surface area (Å²) in [6.07, 6.45) is 1.27. The Morgan fingerprint density at radius 3 is 2.46 bits per heavy atom. The van der Waals surface area contributed by atoms with Gasteiger partial charge in [-0.15, -0.1) is 0 Å². The Morgan fingerprint density at radius 1 is 1.18 bits per heavy atom. The van der Waals surface area contributed by atoms with Gasteiger partial charge in [-0.1, -0.05) is 17.7 Å². The Kier molecular flexibility index (Phi) is 5.40. The molecule has 0 unspecified atom stereocenters. The first kappa shape index (κ1) is 20.2. The van der Waals surface area contributed by atoms with Crippen molar-refractivity contribution in [3.63, 3.8) is 0 Å². The van der Waals surface area contributed by atoms with Crippen LogP contribution in [-0.4, -0.2) is 25.4 Å². The zero-order valence-corrected chi connectivity index (χ0v) is 16.9. The van der Waals surface area contributed by atoms with Crippen molar-refractivity contribution < 1.29 is 13.0 Å². The van der Waals surface area contributed by atoms with Gasteiger partial charge in [-0.25, -0.2) is 27.7 Å². The van der Waals surface area contributed by atoms with E-state index in [1.165, 1.54) is 37.4 Å². The van der Waals surface area contributed by atoms with Crippen LogP contribution in [0.5, 0.6) is 0 Å². The van der Waals surface area contributed by atoms with Crippen LogP contribution in [0.1, 0.15) is 28.8 Å². The monoisotopic (exact) mass is 425 g/mol. The molecule has 3 rings (SSSR count). The largest absolute Gasteiger partial charge is 0.356 e. The van der Waals surface area contributed by atoms with Crippen molar-refractivity contribution in [1.29, 1.82) is 4.78 Å². The summed E-state index contributed by atoms with van der Waals surface area (Å²) in [6, 6.07) is 6.27. The van der Waals surface area contributed by atoms with E-state index in [9.17, 15) is 13.0 Å². The Hall–Kier alpha value is -2.52. The second kappa shape index (κ2) is 7.48. The molecule has 0 aliphatic heterocycles. The van der Waals surface area contributed by atoms with Crippen molar-refractivity contribution in [2.45, 2.75) is 24.9 Å². The molecule has 3 aromatic rings. The summed E-state index contributed by atoms with van der Waals surface area (Å²) < 4.78 is 47.5. The van der Waals surface area contributed by atoms with E-state index in [0.717, 1.165) is 0 Å². The summed E-state index contributed by atoms with van der Waals surface area (Å²) in [7, 11) is -3.06. The van der Waals surface area contributed by atoms with Gasteiger partial charge in [0, 0.05) is 11.9 Å². The molecular weight excluding hydrogens is 408 g/mol. The predicted octanol–water partition coefficient (Wildman–Crippen LogP) is 4.59. The first-order chi connectivity index (χ1) is 13.1. The maximum atomic E-state index is 14.1. The Balaban J connectivity index is 2.11. The van der Waals surface area contributed by atoms with Gasteiger partial charge in [-0.05, 0) is 43.7 Å². The van der Waals surface area contributed by atoms with Crippen molar-refractivity contribution in [2.75, 3.05) is 11.6 Å². The van der Waals surface area contributed by atoms with Gasteiger partial charge < -0.3 is 10.3 Å². The standard InChI is InChI=1S/C18H18ClF2N5OS/c1-9-13(20)6-7-15(23-9)25-16(11-4-5-12(19)14(21)8-11)17-24-10(2)18(26-17)28(3,22)27/h4-8,16,22H,1-3H3,(H,23,25)(H,24,26)/t16-,28-/m0/s1. The smallest absolute Gasteiger partial charge is 0.156 e. The second-order valence-corrected chi connectivity index (χ2v) is 8.89. The molecule has 148 valence electrons. The fourth-order valence-electron chi connectivity index (χ4n) is 2.76. The Labute approximate surface area is 166 Å². The van der Waals surface area contributed by atoms with Crippen LogP contribution in [0.2, 0.25) is 5.02 Å². The molecular formula is C18H18ClF2N5OS. The number of nitrogens with zero attached hydrogens (tertiary/aromatic N) is 2. The lowest BCUT2D eigenvalue weighted by Crippen LogP contribution is -2.16. The number of halogens is 3. The number of hydrogen-bond acceptors (Lipinski definition) is 5. The van der Waals surface area contributed by atoms with Gasteiger partial charge in [0.1, 0.15) is 29.3 Å². The van der Waals surface area contributed by atoms with Gasteiger partial charge in [0.05, 0.1) is 20.4 Å². The molecule has 6 nitrogen and oxygen atoms in total. The van der Waals surface area contributed by atoms with Crippen LogP contribution in [0.3, 0.4) is 0 Å².